The van der Waals surface area contributed by atoms with Gasteiger partial charge in [-0.05, 0) is 60.8 Å². The van der Waals surface area contributed by atoms with Crippen LogP contribution in [0.1, 0.15) is 39.8 Å². The number of halogens is 6. The first kappa shape index (κ1) is 29.3. The van der Waals surface area contributed by atoms with Gasteiger partial charge in [-0.15, -0.1) is 0 Å². The van der Waals surface area contributed by atoms with Crippen molar-refractivity contribution in [2.24, 2.45) is 5.73 Å². The Morgan fingerprint density at radius 3 is 2.57 bits per heavy atom. The van der Waals surface area contributed by atoms with E-state index in [-0.39, 0.29) is 48.3 Å². The van der Waals surface area contributed by atoms with Gasteiger partial charge >= 0.3 is 6.18 Å². The number of nitrogens with two attached hydrogens (primary N) is 1. The number of rotatable bonds is 8. The molecule has 4 aromatic rings. The van der Waals surface area contributed by atoms with Gasteiger partial charge in [0, 0.05) is 42.0 Å². The molecule has 0 spiro atoms. The van der Waals surface area contributed by atoms with Gasteiger partial charge in [-0.3, -0.25) is 14.5 Å². The molecule has 13 heteroatoms. The van der Waals surface area contributed by atoms with E-state index < -0.39 is 47.8 Å². The van der Waals surface area contributed by atoms with E-state index in [4.69, 9.17) is 5.73 Å². The molecule has 0 unspecified atom stereocenters. The summed E-state index contributed by atoms with van der Waals surface area (Å²) in [5.41, 5.74) is 6.72. The monoisotopic (exact) mass is 588 g/mol. The van der Waals surface area contributed by atoms with Crippen LogP contribution in [0.15, 0.2) is 54.7 Å². The van der Waals surface area contributed by atoms with Crippen molar-refractivity contribution in [3.8, 4) is 11.1 Å². The van der Waals surface area contributed by atoms with Gasteiger partial charge in [0.2, 0.25) is 5.91 Å². The lowest BCUT2D eigenvalue weighted by atomic mass is 9.94. The van der Waals surface area contributed by atoms with Crippen molar-refractivity contribution in [2.45, 2.75) is 44.7 Å². The number of hydrogen-bond acceptors (Lipinski definition) is 5. The first-order chi connectivity index (χ1) is 20.0. The number of carbonyl (C=O) groups excluding carboxylic acids is 1. The van der Waals surface area contributed by atoms with Crippen LogP contribution in [-0.4, -0.2) is 27.2 Å². The number of alkyl halides is 3. The topological polar surface area (TPSA) is 97.9 Å². The molecule has 0 aliphatic carbocycles. The van der Waals surface area contributed by atoms with Crippen molar-refractivity contribution in [1.82, 2.24) is 25.4 Å². The van der Waals surface area contributed by atoms with Crippen molar-refractivity contribution >= 4 is 5.91 Å². The van der Waals surface area contributed by atoms with E-state index in [2.05, 4.69) is 20.7 Å². The van der Waals surface area contributed by atoms with E-state index >= 15 is 0 Å². The lowest BCUT2D eigenvalue weighted by Gasteiger charge is -2.22. The summed E-state index contributed by atoms with van der Waals surface area (Å²) < 4.78 is 84.3. The highest BCUT2D eigenvalue weighted by Gasteiger charge is 2.39. The van der Waals surface area contributed by atoms with Crippen LogP contribution in [-0.2, 0) is 43.4 Å². The zero-order valence-corrected chi connectivity index (χ0v) is 22.1. The molecule has 0 fully saturated rings. The predicted molar refractivity (Wildman–Crippen MR) is 141 cm³/mol. The highest BCUT2D eigenvalue weighted by Crippen LogP contribution is 2.34. The Morgan fingerprint density at radius 2 is 1.86 bits per heavy atom. The van der Waals surface area contributed by atoms with Crippen LogP contribution in [0.25, 0.3) is 11.1 Å². The Morgan fingerprint density at radius 1 is 1.10 bits per heavy atom. The van der Waals surface area contributed by atoms with Crippen molar-refractivity contribution < 1.29 is 31.1 Å². The van der Waals surface area contributed by atoms with Gasteiger partial charge in [0.1, 0.15) is 24.0 Å². The molecular formula is C29H26F6N6O. The SMILES string of the molecule is NCc1cc(-c2cccnc2[C@H](Cc2cc(F)cc(F)c2)NC(=O)Cn2nc(C(F)(F)F)c3c2CNCC3)ccc1F. The molecular weight excluding hydrogens is 562 g/mol. The molecule has 0 saturated carbocycles. The Balaban J connectivity index is 1.51. The van der Waals surface area contributed by atoms with E-state index in [1.165, 1.54) is 24.4 Å². The second-order valence-electron chi connectivity index (χ2n) is 9.90. The maximum absolute atomic E-state index is 14.2. The van der Waals surface area contributed by atoms with Crippen LogP contribution < -0.4 is 16.4 Å². The zero-order chi connectivity index (χ0) is 30.0. The Hall–Kier alpha value is -4.23. The first-order valence-corrected chi connectivity index (χ1v) is 13.1. The molecule has 1 atom stereocenters. The van der Waals surface area contributed by atoms with Gasteiger partial charge in [-0.1, -0.05) is 12.1 Å². The molecule has 0 bridgehead atoms. The van der Waals surface area contributed by atoms with Crippen LogP contribution in [0.2, 0.25) is 0 Å². The molecule has 3 heterocycles. The maximum Gasteiger partial charge on any atom is 0.435 e. The number of amides is 1. The molecule has 0 saturated heterocycles. The van der Waals surface area contributed by atoms with E-state index in [0.29, 0.717) is 29.4 Å². The van der Waals surface area contributed by atoms with Crippen LogP contribution >= 0.6 is 0 Å². The summed E-state index contributed by atoms with van der Waals surface area (Å²) in [5.74, 6) is -2.84. The van der Waals surface area contributed by atoms with Gasteiger partial charge in [0.15, 0.2) is 5.69 Å². The lowest BCUT2D eigenvalue weighted by Crippen LogP contribution is -2.35. The molecule has 7 nitrogen and oxygen atoms in total. The summed E-state index contributed by atoms with van der Waals surface area (Å²) in [6.07, 6.45) is -3.22. The Labute approximate surface area is 236 Å². The summed E-state index contributed by atoms with van der Waals surface area (Å²) in [7, 11) is 0. The summed E-state index contributed by atoms with van der Waals surface area (Å²) in [4.78, 5) is 17.8. The van der Waals surface area contributed by atoms with Gasteiger partial charge < -0.3 is 16.4 Å². The number of fused-ring (bicyclic) bond motifs is 1. The van der Waals surface area contributed by atoms with Crippen molar-refractivity contribution in [1.29, 1.82) is 0 Å². The number of nitrogens with zero attached hydrogens (tertiary/aromatic N) is 3. The average Bonchev–Trinajstić information content (AvgIpc) is 3.31. The van der Waals surface area contributed by atoms with Crippen LogP contribution in [0.5, 0.6) is 0 Å². The number of carbonyl (C=O) groups is 1. The molecule has 1 amide bonds. The van der Waals surface area contributed by atoms with E-state index in [1.54, 1.807) is 12.1 Å². The number of aromatic nitrogens is 3. The van der Waals surface area contributed by atoms with Gasteiger partial charge in [0.25, 0.3) is 0 Å². The summed E-state index contributed by atoms with van der Waals surface area (Å²) in [6.45, 7) is -0.154. The van der Waals surface area contributed by atoms with Gasteiger partial charge in [-0.25, -0.2) is 13.2 Å². The van der Waals surface area contributed by atoms with Crippen LogP contribution in [0.4, 0.5) is 26.3 Å². The third-order valence-electron chi connectivity index (χ3n) is 7.02. The fraction of sp³-hybridized carbons (Fsp3) is 0.276. The lowest BCUT2D eigenvalue weighted by molar-refractivity contribution is -0.142. The van der Waals surface area contributed by atoms with Gasteiger partial charge in [0.05, 0.1) is 17.4 Å². The highest BCUT2D eigenvalue weighted by molar-refractivity contribution is 5.77. The third-order valence-corrected chi connectivity index (χ3v) is 7.02. The second-order valence-corrected chi connectivity index (χ2v) is 9.90. The molecule has 5 rings (SSSR count). The number of pyridine rings is 1. The molecule has 42 heavy (non-hydrogen) atoms. The predicted octanol–water partition coefficient (Wildman–Crippen LogP) is 4.59. The minimum Gasteiger partial charge on any atom is -0.346 e. The minimum atomic E-state index is -4.69. The molecule has 220 valence electrons. The maximum atomic E-state index is 14.2. The van der Waals surface area contributed by atoms with E-state index in [1.807, 2.05) is 0 Å². The molecule has 2 aromatic heterocycles. The Bertz CT molecular complexity index is 1600. The molecule has 4 N–H and O–H groups in total. The highest BCUT2D eigenvalue weighted by atomic mass is 19.4. The number of hydrogen-bond donors (Lipinski definition) is 3. The summed E-state index contributed by atoms with van der Waals surface area (Å²) >= 11 is 0. The standard InChI is InChI=1S/C29H26F6N6O/c30-19-8-16(9-20(31)12-19)10-24(27-21(2-1-6-38-27)17-3-4-23(32)18(11-17)13-36)39-26(42)15-41-25-14-37-7-5-22(25)28(40-41)29(33,34)35/h1-4,6,8-9,11-12,24,37H,5,7,10,13-15,36H2,(H,39,42)/t24-/m0/s1. The van der Waals surface area contributed by atoms with E-state index in [0.717, 1.165) is 16.8 Å². The fourth-order valence-corrected chi connectivity index (χ4v) is 5.17. The Kier molecular flexibility index (Phi) is 8.32. The molecule has 2 aromatic carbocycles. The van der Waals surface area contributed by atoms with Crippen LogP contribution in [0, 0.1) is 17.5 Å². The average molecular weight is 589 g/mol. The van der Waals surface area contributed by atoms with Crippen molar-refractivity contribution in [2.75, 3.05) is 6.54 Å². The molecule has 0 radical (unpaired) electrons. The van der Waals surface area contributed by atoms with Crippen molar-refractivity contribution in [3.63, 3.8) is 0 Å². The van der Waals surface area contributed by atoms with Crippen molar-refractivity contribution in [3.05, 3.63) is 106 Å². The normalized spacial score (nSPS) is 14.0. The fourth-order valence-electron chi connectivity index (χ4n) is 5.17. The summed E-state index contributed by atoms with van der Waals surface area (Å²) in [5, 5.41) is 9.47. The number of benzene rings is 2. The first-order valence-electron chi connectivity index (χ1n) is 13.1. The van der Waals surface area contributed by atoms with E-state index in [9.17, 15) is 31.1 Å². The van der Waals surface area contributed by atoms with Crippen LogP contribution in [0.3, 0.4) is 0 Å². The zero-order valence-electron chi connectivity index (χ0n) is 22.1. The largest absolute Gasteiger partial charge is 0.435 e. The van der Waals surface area contributed by atoms with Gasteiger partial charge in [-0.2, -0.15) is 18.3 Å². The second kappa shape index (κ2) is 11.9. The summed E-state index contributed by atoms with van der Waals surface area (Å²) in [6, 6.07) is 9.57. The third kappa shape index (κ3) is 6.31. The molecule has 1 aliphatic heterocycles. The molecule has 1 aliphatic rings. The quantitative estimate of drug-likeness (QED) is 0.262. The minimum absolute atomic E-state index is 0.0415. The smallest absolute Gasteiger partial charge is 0.346 e. The number of nitrogens with one attached hydrogen (secondary N) is 2.